The standard InChI is InChI=1S/C20H23FN2O4/c1-12(2)8-19(24)22-15-10-18(27-4)16(11-17(15)26-3)23-20(25)13-6-5-7-14(21)9-13/h5-7,9-12H,8H2,1-4H3,(H,22,24)(H,23,25). The van der Waals surface area contributed by atoms with Gasteiger partial charge in [-0.25, -0.2) is 4.39 Å². The summed E-state index contributed by atoms with van der Waals surface area (Å²) < 4.78 is 24.0. The van der Waals surface area contributed by atoms with E-state index >= 15 is 0 Å². The molecule has 0 aliphatic carbocycles. The van der Waals surface area contributed by atoms with E-state index in [2.05, 4.69) is 10.6 Å². The first kappa shape index (κ1) is 20.2. The van der Waals surface area contributed by atoms with Crippen molar-refractivity contribution in [2.75, 3.05) is 24.9 Å². The van der Waals surface area contributed by atoms with Gasteiger partial charge in [0.1, 0.15) is 17.3 Å². The van der Waals surface area contributed by atoms with Gasteiger partial charge in [-0.1, -0.05) is 19.9 Å². The van der Waals surface area contributed by atoms with Crippen molar-refractivity contribution in [1.82, 2.24) is 0 Å². The molecule has 0 aliphatic heterocycles. The van der Waals surface area contributed by atoms with Crippen LogP contribution in [0.1, 0.15) is 30.6 Å². The van der Waals surface area contributed by atoms with E-state index < -0.39 is 11.7 Å². The van der Waals surface area contributed by atoms with E-state index in [1.54, 1.807) is 12.1 Å². The van der Waals surface area contributed by atoms with Crippen LogP contribution in [0.4, 0.5) is 15.8 Å². The number of amides is 2. The summed E-state index contributed by atoms with van der Waals surface area (Å²) in [5.74, 6) is -0.241. The summed E-state index contributed by atoms with van der Waals surface area (Å²) in [6.07, 6.45) is 0.365. The van der Waals surface area contributed by atoms with Crippen LogP contribution in [-0.4, -0.2) is 26.0 Å². The molecule has 2 N–H and O–H groups in total. The maximum absolute atomic E-state index is 13.3. The third kappa shape index (κ3) is 5.44. The van der Waals surface area contributed by atoms with Gasteiger partial charge in [0.25, 0.3) is 5.91 Å². The molecular weight excluding hydrogens is 351 g/mol. The Morgan fingerprint density at radius 2 is 1.59 bits per heavy atom. The van der Waals surface area contributed by atoms with Crippen molar-refractivity contribution >= 4 is 23.2 Å². The number of carbonyl (C=O) groups excluding carboxylic acids is 2. The van der Waals surface area contributed by atoms with Crippen LogP contribution in [0.2, 0.25) is 0 Å². The van der Waals surface area contributed by atoms with Gasteiger partial charge in [-0.05, 0) is 24.1 Å². The first-order chi connectivity index (χ1) is 12.8. The predicted molar refractivity (Wildman–Crippen MR) is 102 cm³/mol. The molecule has 0 unspecified atom stereocenters. The maximum atomic E-state index is 13.3. The van der Waals surface area contributed by atoms with Crippen molar-refractivity contribution < 1.29 is 23.5 Å². The quantitative estimate of drug-likeness (QED) is 0.766. The average molecular weight is 374 g/mol. The molecule has 2 aromatic rings. The first-order valence-electron chi connectivity index (χ1n) is 8.46. The van der Waals surface area contributed by atoms with Crippen LogP contribution in [0.25, 0.3) is 0 Å². The first-order valence-corrected chi connectivity index (χ1v) is 8.46. The van der Waals surface area contributed by atoms with Crippen LogP contribution in [0.3, 0.4) is 0 Å². The fourth-order valence-corrected chi connectivity index (χ4v) is 2.49. The van der Waals surface area contributed by atoms with Crippen molar-refractivity contribution in [2.45, 2.75) is 20.3 Å². The van der Waals surface area contributed by atoms with Crippen molar-refractivity contribution in [2.24, 2.45) is 5.92 Å². The second-order valence-electron chi connectivity index (χ2n) is 6.36. The molecule has 0 fully saturated rings. The van der Waals surface area contributed by atoms with Crippen molar-refractivity contribution in [3.8, 4) is 11.5 Å². The van der Waals surface area contributed by atoms with Gasteiger partial charge in [0.05, 0.1) is 25.6 Å². The van der Waals surface area contributed by atoms with Crippen molar-refractivity contribution in [3.63, 3.8) is 0 Å². The third-order valence-corrected chi connectivity index (χ3v) is 3.72. The number of anilines is 2. The smallest absolute Gasteiger partial charge is 0.255 e. The molecule has 27 heavy (non-hydrogen) atoms. The molecule has 0 saturated carbocycles. The van der Waals surface area contributed by atoms with Gasteiger partial charge in [0.2, 0.25) is 5.91 Å². The topological polar surface area (TPSA) is 76.7 Å². The Hall–Kier alpha value is -3.09. The minimum absolute atomic E-state index is 0.151. The predicted octanol–water partition coefficient (Wildman–Crippen LogP) is 4.08. The fraction of sp³-hybridized carbons (Fsp3) is 0.300. The molecule has 0 radical (unpaired) electrons. The Labute approximate surface area is 157 Å². The molecule has 0 aliphatic rings. The van der Waals surface area contributed by atoms with E-state index in [1.807, 2.05) is 13.8 Å². The number of rotatable bonds is 7. The average Bonchev–Trinajstić information content (AvgIpc) is 2.61. The summed E-state index contributed by atoms with van der Waals surface area (Å²) in [6, 6.07) is 8.46. The zero-order chi connectivity index (χ0) is 20.0. The van der Waals surface area contributed by atoms with Gasteiger partial charge >= 0.3 is 0 Å². The Morgan fingerprint density at radius 1 is 1.00 bits per heavy atom. The number of methoxy groups -OCH3 is 2. The van der Waals surface area contributed by atoms with Gasteiger partial charge in [0.15, 0.2) is 0 Å². The number of hydrogen-bond donors (Lipinski definition) is 2. The molecule has 2 aromatic carbocycles. The SMILES string of the molecule is COc1cc(NC(=O)c2cccc(F)c2)c(OC)cc1NC(=O)CC(C)C. The number of hydrogen-bond acceptors (Lipinski definition) is 4. The van der Waals surface area contributed by atoms with E-state index in [0.717, 1.165) is 6.07 Å². The molecule has 2 rings (SSSR count). The normalized spacial score (nSPS) is 10.4. The Morgan fingerprint density at radius 3 is 2.11 bits per heavy atom. The zero-order valence-electron chi connectivity index (χ0n) is 15.8. The largest absolute Gasteiger partial charge is 0.494 e. The van der Waals surface area contributed by atoms with Crippen molar-refractivity contribution in [1.29, 1.82) is 0 Å². The fourth-order valence-electron chi connectivity index (χ4n) is 2.49. The van der Waals surface area contributed by atoms with Crippen LogP contribution in [0.5, 0.6) is 11.5 Å². The van der Waals surface area contributed by atoms with Crippen LogP contribution in [-0.2, 0) is 4.79 Å². The lowest BCUT2D eigenvalue weighted by Gasteiger charge is -2.16. The van der Waals surface area contributed by atoms with Gasteiger partial charge < -0.3 is 20.1 Å². The molecule has 6 nitrogen and oxygen atoms in total. The summed E-state index contributed by atoms with van der Waals surface area (Å²) in [4.78, 5) is 24.4. The van der Waals surface area contributed by atoms with E-state index in [0.29, 0.717) is 29.3 Å². The van der Waals surface area contributed by atoms with Crippen LogP contribution >= 0.6 is 0 Å². The molecule has 0 aromatic heterocycles. The second kappa shape index (κ2) is 9.02. The zero-order valence-corrected chi connectivity index (χ0v) is 15.8. The number of halogens is 1. The van der Waals surface area contributed by atoms with Crippen LogP contribution in [0.15, 0.2) is 36.4 Å². The highest BCUT2D eigenvalue weighted by Gasteiger charge is 2.16. The molecule has 0 atom stereocenters. The Bertz CT molecular complexity index is 837. The minimum Gasteiger partial charge on any atom is -0.494 e. The van der Waals surface area contributed by atoms with E-state index in [4.69, 9.17) is 9.47 Å². The van der Waals surface area contributed by atoms with Gasteiger partial charge in [-0.15, -0.1) is 0 Å². The molecule has 7 heteroatoms. The molecule has 0 saturated heterocycles. The summed E-state index contributed by atoms with van der Waals surface area (Å²) >= 11 is 0. The highest BCUT2D eigenvalue weighted by molar-refractivity contribution is 6.05. The molecule has 0 heterocycles. The second-order valence-corrected chi connectivity index (χ2v) is 6.36. The van der Waals surface area contributed by atoms with E-state index in [9.17, 15) is 14.0 Å². The van der Waals surface area contributed by atoms with Crippen LogP contribution < -0.4 is 20.1 Å². The summed E-state index contributed by atoms with van der Waals surface area (Å²) in [5, 5.41) is 5.45. The van der Waals surface area contributed by atoms with Crippen molar-refractivity contribution in [3.05, 3.63) is 47.8 Å². The maximum Gasteiger partial charge on any atom is 0.255 e. The number of nitrogens with one attached hydrogen (secondary N) is 2. The lowest BCUT2D eigenvalue weighted by Crippen LogP contribution is -2.16. The Balaban J connectivity index is 2.29. The lowest BCUT2D eigenvalue weighted by molar-refractivity contribution is -0.116. The van der Waals surface area contributed by atoms with E-state index in [-0.39, 0.29) is 17.4 Å². The summed E-state index contributed by atoms with van der Waals surface area (Å²) in [7, 11) is 2.90. The molecule has 2 amide bonds. The highest BCUT2D eigenvalue weighted by atomic mass is 19.1. The molecule has 0 spiro atoms. The Kier molecular flexibility index (Phi) is 6.76. The molecule has 0 bridgehead atoms. The number of carbonyl (C=O) groups is 2. The van der Waals surface area contributed by atoms with Crippen LogP contribution in [0, 0.1) is 11.7 Å². The van der Waals surface area contributed by atoms with E-state index in [1.165, 1.54) is 32.4 Å². The minimum atomic E-state index is -0.504. The van der Waals surface area contributed by atoms with Gasteiger partial charge in [-0.2, -0.15) is 0 Å². The number of benzene rings is 2. The van der Waals surface area contributed by atoms with Gasteiger partial charge in [0, 0.05) is 24.1 Å². The summed E-state index contributed by atoms with van der Waals surface area (Å²) in [6.45, 7) is 3.89. The lowest BCUT2D eigenvalue weighted by atomic mass is 10.1. The molecular formula is C20H23FN2O4. The highest BCUT2D eigenvalue weighted by Crippen LogP contribution is 2.36. The monoisotopic (exact) mass is 374 g/mol. The summed E-state index contributed by atoms with van der Waals surface area (Å²) in [5.41, 5.74) is 0.944. The third-order valence-electron chi connectivity index (χ3n) is 3.72. The van der Waals surface area contributed by atoms with Gasteiger partial charge in [-0.3, -0.25) is 9.59 Å². The number of ether oxygens (including phenoxy) is 2. The molecule has 144 valence electrons.